The zero-order valence-corrected chi connectivity index (χ0v) is 35.4. The molecule has 2 saturated carbocycles. The number of ether oxygens (including phenoxy) is 2. The molecule has 322 valence electrons. The molecule has 0 radical (unpaired) electrons. The van der Waals surface area contributed by atoms with Gasteiger partial charge < -0.3 is 29.9 Å². The van der Waals surface area contributed by atoms with Crippen LogP contribution in [0.4, 0.5) is 0 Å². The Balaban J connectivity index is 0.000000561. The summed E-state index contributed by atoms with van der Waals surface area (Å²) in [7, 11) is 2.73. The largest absolute Gasteiger partial charge is 0.469 e. The molecule has 4 N–H and O–H groups in total. The zero-order valence-electron chi connectivity index (χ0n) is 35.4. The van der Waals surface area contributed by atoms with E-state index in [0.717, 1.165) is 70.6 Å². The van der Waals surface area contributed by atoms with Gasteiger partial charge in [0.25, 0.3) is 0 Å². The number of aliphatic hydroxyl groups is 4. The van der Waals surface area contributed by atoms with E-state index in [-0.39, 0.29) is 66.8 Å². The van der Waals surface area contributed by atoms with Gasteiger partial charge in [0.05, 0.1) is 38.1 Å². The number of ketones is 3. The lowest BCUT2D eigenvalue weighted by molar-refractivity contribution is -0.141. The molecule has 0 aromatic carbocycles. The molecular weight excluding hydrogens is 716 g/mol. The van der Waals surface area contributed by atoms with Crippen LogP contribution < -0.4 is 0 Å². The molecule has 1 unspecified atom stereocenters. The molecule has 56 heavy (non-hydrogen) atoms. The fourth-order valence-corrected chi connectivity index (χ4v) is 7.77. The Kier molecular flexibility index (Phi) is 26.2. The van der Waals surface area contributed by atoms with Gasteiger partial charge in [-0.05, 0) is 57.8 Å². The van der Waals surface area contributed by atoms with Crippen molar-refractivity contribution in [3.63, 3.8) is 0 Å². The summed E-state index contributed by atoms with van der Waals surface area (Å²) in [6.07, 6.45) is 19.6. The van der Waals surface area contributed by atoms with E-state index in [2.05, 4.69) is 30.2 Å². The number of hydrogen-bond donors (Lipinski definition) is 4. The van der Waals surface area contributed by atoms with Crippen LogP contribution in [0, 0.1) is 29.6 Å². The number of aliphatic hydroxyl groups excluding tert-OH is 3. The minimum Gasteiger partial charge on any atom is -0.469 e. The average Bonchev–Trinajstić information content (AvgIpc) is 3.58. The maximum atomic E-state index is 12.3. The van der Waals surface area contributed by atoms with E-state index < -0.39 is 35.7 Å². The molecule has 11 heteroatoms. The van der Waals surface area contributed by atoms with Gasteiger partial charge in [0, 0.05) is 62.2 Å². The normalized spacial score (nSPS) is 24.5. The lowest BCUT2D eigenvalue weighted by Crippen LogP contribution is -2.23. The van der Waals surface area contributed by atoms with E-state index in [4.69, 9.17) is 0 Å². The molecule has 0 aromatic heterocycles. The number of methoxy groups -OCH3 is 2. The maximum Gasteiger partial charge on any atom is 0.305 e. The van der Waals surface area contributed by atoms with Crippen LogP contribution in [0.25, 0.3) is 0 Å². The van der Waals surface area contributed by atoms with E-state index in [9.17, 15) is 44.4 Å². The number of hydrogen-bond acceptors (Lipinski definition) is 11. The predicted molar refractivity (Wildman–Crippen MR) is 217 cm³/mol. The van der Waals surface area contributed by atoms with Gasteiger partial charge in [-0.1, -0.05) is 96.4 Å². The molecule has 0 amide bonds. The zero-order chi connectivity index (χ0) is 42.1. The summed E-state index contributed by atoms with van der Waals surface area (Å²) >= 11 is 0. The van der Waals surface area contributed by atoms with Gasteiger partial charge in [-0.2, -0.15) is 0 Å². The van der Waals surface area contributed by atoms with E-state index in [1.165, 1.54) is 14.2 Å². The van der Waals surface area contributed by atoms with Crippen LogP contribution >= 0.6 is 0 Å². The Morgan fingerprint density at radius 2 is 1.32 bits per heavy atom. The number of esters is 2. The molecule has 2 rings (SSSR count). The number of carbonyl (C=O) groups is 5. The molecule has 0 aliphatic heterocycles. The minimum absolute atomic E-state index is 0.0329. The second-order valence-electron chi connectivity index (χ2n) is 16.6. The van der Waals surface area contributed by atoms with Crippen LogP contribution in [0.5, 0.6) is 0 Å². The van der Waals surface area contributed by atoms with Crippen LogP contribution in [-0.4, -0.2) is 87.8 Å². The van der Waals surface area contributed by atoms with Crippen LogP contribution in [0.1, 0.15) is 163 Å². The molecule has 11 nitrogen and oxygen atoms in total. The highest BCUT2D eigenvalue weighted by Crippen LogP contribution is 2.36. The topological polar surface area (TPSA) is 185 Å². The SMILES string of the molecule is CCCCC(C)(O)C/C=C/[C@H]1[C@H](O)CC(=O)[C@@H]1CCCCCCC(=O)OC.CCCC[C@H](C)C[C@H](O)/C=C/[C@H]1[C@H](O)CC(=O)[C@@H]1CC(=O)CCCCC(=O)OC. The lowest BCUT2D eigenvalue weighted by atomic mass is 9.87. The third-order valence-corrected chi connectivity index (χ3v) is 11.3. The van der Waals surface area contributed by atoms with Crippen molar-refractivity contribution in [2.24, 2.45) is 29.6 Å². The number of rotatable bonds is 27. The Bertz CT molecular complexity index is 1220. The lowest BCUT2D eigenvalue weighted by Gasteiger charge is -2.22. The predicted octanol–water partition coefficient (Wildman–Crippen LogP) is 7.33. The number of Topliss-reactive ketones (excluding diaryl/α,β-unsaturated/α-hetero) is 3. The summed E-state index contributed by atoms with van der Waals surface area (Å²) in [6, 6.07) is 0. The van der Waals surface area contributed by atoms with Gasteiger partial charge in [0.1, 0.15) is 17.3 Å². The van der Waals surface area contributed by atoms with E-state index in [0.29, 0.717) is 44.4 Å². The Labute approximate surface area is 337 Å². The van der Waals surface area contributed by atoms with Crippen molar-refractivity contribution in [1.82, 2.24) is 0 Å². The minimum atomic E-state index is -0.805. The van der Waals surface area contributed by atoms with Crippen LogP contribution in [0.15, 0.2) is 24.3 Å². The fourth-order valence-electron chi connectivity index (χ4n) is 7.77. The fraction of sp³-hybridized carbons (Fsp3) is 0.800. The Hall–Kier alpha value is -2.73. The Morgan fingerprint density at radius 3 is 1.91 bits per heavy atom. The third kappa shape index (κ3) is 21.1. The monoisotopic (exact) mass is 793 g/mol. The third-order valence-electron chi connectivity index (χ3n) is 11.3. The van der Waals surface area contributed by atoms with Crippen molar-refractivity contribution in [3.05, 3.63) is 24.3 Å². The quantitative estimate of drug-likeness (QED) is 0.0371. The van der Waals surface area contributed by atoms with Gasteiger partial charge in [-0.3, -0.25) is 24.0 Å². The van der Waals surface area contributed by atoms with Gasteiger partial charge in [0.15, 0.2) is 0 Å². The van der Waals surface area contributed by atoms with Crippen molar-refractivity contribution >= 4 is 29.3 Å². The van der Waals surface area contributed by atoms with Crippen molar-refractivity contribution in [2.45, 2.75) is 186 Å². The molecule has 2 fully saturated rings. The first-order valence-electron chi connectivity index (χ1n) is 21.4. The first kappa shape index (κ1) is 51.3. The molecule has 0 aromatic rings. The van der Waals surface area contributed by atoms with Crippen molar-refractivity contribution in [3.8, 4) is 0 Å². The summed E-state index contributed by atoms with van der Waals surface area (Å²) in [4.78, 5) is 59.0. The van der Waals surface area contributed by atoms with Crippen molar-refractivity contribution < 1.29 is 53.9 Å². The van der Waals surface area contributed by atoms with Crippen molar-refractivity contribution in [2.75, 3.05) is 14.2 Å². The maximum absolute atomic E-state index is 12.3. The van der Waals surface area contributed by atoms with Gasteiger partial charge in [-0.15, -0.1) is 0 Å². The molecule has 0 heterocycles. The smallest absolute Gasteiger partial charge is 0.305 e. The van der Waals surface area contributed by atoms with Crippen LogP contribution in [0.2, 0.25) is 0 Å². The molecule has 2 aliphatic rings. The molecular formula is C45H76O11. The first-order valence-corrected chi connectivity index (χ1v) is 21.4. The van der Waals surface area contributed by atoms with Gasteiger partial charge in [-0.25, -0.2) is 0 Å². The summed E-state index contributed by atoms with van der Waals surface area (Å²) in [5.41, 5.74) is -0.727. The molecule has 2 aliphatic carbocycles. The van der Waals surface area contributed by atoms with E-state index in [1.54, 1.807) is 12.2 Å². The standard InChI is InChI=1S/C23H38O6.C22H38O5/c1-4-5-8-16(2)13-18(25)11-12-19-20(22(27)15-21(19)26)14-17(24)9-6-7-10-23(28)29-3;1-4-5-14-22(2,26)15-10-12-18-17(19(23)16-20(18)24)11-8-6-7-9-13-21(25)27-3/h11-12,16,18-21,25-26H,4-10,13-15H2,1-3H3;10,12,17-18,20,24,26H,4-9,11,13-16H2,1-3H3/b12-11+;12-10+/t16-,18+,19+,20+,21+;17-,18-,20-,22?/m01/s1. The summed E-state index contributed by atoms with van der Waals surface area (Å²) in [5, 5.41) is 41.1. The number of carbonyl (C=O) groups excluding carboxylic acids is 5. The highest BCUT2D eigenvalue weighted by atomic mass is 16.5. The van der Waals surface area contributed by atoms with E-state index in [1.807, 2.05) is 19.1 Å². The Morgan fingerprint density at radius 1 is 0.786 bits per heavy atom. The van der Waals surface area contributed by atoms with E-state index >= 15 is 0 Å². The molecule has 0 spiro atoms. The molecule has 9 atom stereocenters. The van der Waals surface area contributed by atoms with Crippen LogP contribution in [0.3, 0.4) is 0 Å². The molecule has 0 saturated heterocycles. The van der Waals surface area contributed by atoms with Gasteiger partial charge in [0.2, 0.25) is 0 Å². The highest BCUT2D eigenvalue weighted by Gasteiger charge is 2.41. The van der Waals surface area contributed by atoms with Crippen LogP contribution in [-0.2, 0) is 33.4 Å². The number of unbranched alkanes of at least 4 members (excludes halogenated alkanes) is 6. The van der Waals surface area contributed by atoms with Crippen molar-refractivity contribution in [1.29, 1.82) is 0 Å². The second-order valence-corrected chi connectivity index (χ2v) is 16.6. The summed E-state index contributed by atoms with van der Waals surface area (Å²) < 4.78 is 9.19. The average molecular weight is 793 g/mol. The van der Waals surface area contributed by atoms with Gasteiger partial charge >= 0.3 is 11.9 Å². The summed E-state index contributed by atoms with van der Waals surface area (Å²) in [6.45, 7) is 8.20. The highest BCUT2D eigenvalue weighted by molar-refractivity contribution is 5.90. The molecule has 0 bridgehead atoms. The second kappa shape index (κ2) is 28.6. The first-order chi connectivity index (χ1) is 26.6. The summed E-state index contributed by atoms with van der Waals surface area (Å²) in [5.74, 6) is -1.27.